The minimum absolute atomic E-state index is 0.0604. The topological polar surface area (TPSA) is 62.2 Å². The van der Waals surface area contributed by atoms with Crippen LogP contribution in [0.4, 0.5) is 0 Å². The molecule has 1 aromatic rings. The lowest BCUT2D eigenvalue weighted by Crippen LogP contribution is -2.12. The summed E-state index contributed by atoms with van der Waals surface area (Å²) in [5, 5.41) is 7.64. The van der Waals surface area contributed by atoms with Crippen LogP contribution in [0.5, 0.6) is 0 Å². The van der Waals surface area contributed by atoms with Gasteiger partial charge in [-0.15, -0.1) is 0 Å². The first-order chi connectivity index (χ1) is 6.18. The Hall–Kier alpha value is -1.35. The Labute approximate surface area is 81.8 Å². The minimum atomic E-state index is 0.0604. The molecule has 0 saturated carbocycles. The average Bonchev–Trinajstić information content (AvgIpc) is 2.08. The smallest absolute Gasteiger partial charge is 0.113 e. The van der Waals surface area contributed by atoms with Crippen LogP contribution in [0.2, 0.25) is 5.02 Å². The predicted molar refractivity (Wildman–Crippen MR) is 55.8 cm³/mol. The molecule has 0 spiro atoms. The second kappa shape index (κ2) is 4.62. The molecule has 0 unspecified atom stereocenters. The number of aliphatic imine (C=N–C) groups is 1. The van der Waals surface area contributed by atoms with E-state index in [2.05, 4.69) is 4.99 Å². The summed E-state index contributed by atoms with van der Waals surface area (Å²) in [4.78, 5) is 3.95. The summed E-state index contributed by atoms with van der Waals surface area (Å²) in [6.07, 6.45) is 1.66. The monoisotopic (exact) mass is 195 g/mol. The van der Waals surface area contributed by atoms with Gasteiger partial charge >= 0.3 is 0 Å². The highest BCUT2D eigenvalue weighted by Crippen LogP contribution is 2.07. The standard InChI is InChI=1S/C9H10ClN3/c10-8-3-1-7(2-4-8)5-13-6-9(11)12/h1-5H,6H2,(H3,11,12). The Balaban J connectivity index is 2.59. The number of nitrogens with one attached hydrogen (secondary N) is 1. The molecular formula is C9H10ClN3. The maximum absolute atomic E-state index is 6.94. The van der Waals surface area contributed by atoms with Gasteiger partial charge in [0.25, 0.3) is 0 Å². The zero-order valence-electron chi connectivity index (χ0n) is 7.00. The Morgan fingerprint density at radius 2 is 2.08 bits per heavy atom. The molecule has 1 rings (SSSR count). The summed E-state index contributed by atoms with van der Waals surface area (Å²) in [5.74, 6) is 0.0604. The summed E-state index contributed by atoms with van der Waals surface area (Å²) in [6, 6.07) is 7.28. The molecule has 0 saturated heterocycles. The minimum Gasteiger partial charge on any atom is -0.386 e. The van der Waals surface area contributed by atoms with Crippen LogP contribution in [0.3, 0.4) is 0 Å². The van der Waals surface area contributed by atoms with E-state index in [1.165, 1.54) is 0 Å². The molecule has 3 N–H and O–H groups in total. The van der Waals surface area contributed by atoms with Gasteiger partial charge < -0.3 is 5.73 Å². The number of hydrogen-bond acceptors (Lipinski definition) is 2. The zero-order chi connectivity index (χ0) is 9.68. The molecular weight excluding hydrogens is 186 g/mol. The van der Waals surface area contributed by atoms with Crippen LogP contribution in [0, 0.1) is 5.41 Å². The molecule has 0 aromatic heterocycles. The first-order valence-electron chi connectivity index (χ1n) is 3.77. The van der Waals surface area contributed by atoms with Crippen molar-refractivity contribution in [1.29, 1.82) is 5.41 Å². The molecule has 0 bridgehead atoms. The van der Waals surface area contributed by atoms with Crippen molar-refractivity contribution in [3.63, 3.8) is 0 Å². The number of rotatable bonds is 3. The van der Waals surface area contributed by atoms with Crippen molar-refractivity contribution >= 4 is 23.7 Å². The Morgan fingerprint density at radius 1 is 1.46 bits per heavy atom. The van der Waals surface area contributed by atoms with Crippen LogP contribution in [-0.4, -0.2) is 18.6 Å². The van der Waals surface area contributed by atoms with Gasteiger partial charge in [0.15, 0.2) is 0 Å². The molecule has 0 amide bonds. The van der Waals surface area contributed by atoms with E-state index in [-0.39, 0.29) is 12.4 Å². The fraction of sp³-hybridized carbons (Fsp3) is 0.111. The van der Waals surface area contributed by atoms with E-state index >= 15 is 0 Å². The molecule has 0 radical (unpaired) electrons. The van der Waals surface area contributed by atoms with Gasteiger partial charge in [0, 0.05) is 11.2 Å². The number of nitrogens with two attached hydrogens (primary N) is 1. The first-order valence-corrected chi connectivity index (χ1v) is 4.14. The Morgan fingerprint density at radius 3 is 2.62 bits per heavy atom. The lowest BCUT2D eigenvalue weighted by molar-refractivity contribution is 1.24. The van der Waals surface area contributed by atoms with Crippen LogP contribution in [0.1, 0.15) is 5.56 Å². The van der Waals surface area contributed by atoms with Crippen molar-refractivity contribution in [2.75, 3.05) is 6.54 Å². The average molecular weight is 196 g/mol. The summed E-state index contributed by atoms with van der Waals surface area (Å²) < 4.78 is 0. The molecule has 4 heteroatoms. The lowest BCUT2D eigenvalue weighted by Gasteiger charge is -1.93. The van der Waals surface area contributed by atoms with E-state index in [0.717, 1.165) is 5.56 Å². The van der Waals surface area contributed by atoms with E-state index in [9.17, 15) is 0 Å². The normalized spacial score (nSPS) is 10.5. The van der Waals surface area contributed by atoms with Crippen molar-refractivity contribution in [3.05, 3.63) is 34.9 Å². The highest BCUT2D eigenvalue weighted by Gasteiger charge is 1.88. The fourth-order valence-electron chi connectivity index (χ4n) is 0.798. The molecule has 68 valence electrons. The van der Waals surface area contributed by atoms with Crippen molar-refractivity contribution in [3.8, 4) is 0 Å². The molecule has 1 aromatic carbocycles. The summed E-state index contributed by atoms with van der Waals surface area (Å²) >= 11 is 5.70. The van der Waals surface area contributed by atoms with Crippen LogP contribution < -0.4 is 5.73 Å². The number of amidine groups is 1. The van der Waals surface area contributed by atoms with Gasteiger partial charge in [-0.1, -0.05) is 23.7 Å². The van der Waals surface area contributed by atoms with Crippen molar-refractivity contribution in [2.24, 2.45) is 10.7 Å². The fourth-order valence-corrected chi connectivity index (χ4v) is 0.924. The number of halogens is 1. The van der Waals surface area contributed by atoms with Crippen molar-refractivity contribution in [1.82, 2.24) is 0 Å². The highest BCUT2D eigenvalue weighted by molar-refractivity contribution is 6.30. The van der Waals surface area contributed by atoms with Gasteiger partial charge in [-0.05, 0) is 17.7 Å². The summed E-state index contributed by atoms with van der Waals surface area (Å²) in [5.41, 5.74) is 6.08. The highest BCUT2D eigenvalue weighted by atomic mass is 35.5. The third kappa shape index (κ3) is 3.71. The molecule has 0 fully saturated rings. The maximum atomic E-state index is 6.94. The molecule has 13 heavy (non-hydrogen) atoms. The molecule has 0 aliphatic carbocycles. The van der Waals surface area contributed by atoms with Gasteiger partial charge in [0.05, 0.1) is 6.54 Å². The Bertz CT molecular complexity index is 316. The van der Waals surface area contributed by atoms with E-state index in [0.29, 0.717) is 5.02 Å². The van der Waals surface area contributed by atoms with E-state index in [1.807, 2.05) is 12.1 Å². The maximum Gasteiger partial charge on any atom is 0.113 e. The SMILES string of the molecule is N=C(N)CN=Cc1ccc(Cl)cc1. The van der Waals surface area contributed by atoms with E-state index in [1.54, 1.807) is 18.3 Å². The molecule has 0 heterocycles. The lowest BCUT2D eigenvalue weighted by atomic mass is 10.2. The van der Waals surface area contributed by atoms with Gasteiger partial charge in [-0.25, -0.2) is 0 Å². The second-order valence-corrected chi connectivity index (χ2v) is 2.98. The van der Waals surface area contributed by atoms with E-state index < -0.39 is 0 Å². The van der Waals surface area contributed by atoms with Crippen LogP contribution in [0.15, 0.2) is 29.3 Å². The Kier molecular flexibility index (Phi) is 3.46. The number of nitrogens with zero attached hydrogens (tertiary/aromatic N) is 1. The molecule has 0 atom stereocenters. The largest absolute Gasteiger partial charge is 0.386 e. The van der Waals surface area contributed by atoms with Gasteiger partial charge in [-0.3, -0.25) is 10.4 Å². The zero-order valence-corrected chi connectivity index (χ0v) is 7.75. The molecule has 3 nitrogen and oxygen atoms in total. The third-order valence-electron chi connectivity index (χ3n) is 1.37. The van der Waals surface area contributed by atoms with Gasteiger partial charge in [0.2, 0.25) is 0 Å². The van der Waals surface area contributed by atoms with Gasteiger partial charge in [-0.2, -0.15) is 0 Å². The molecule has 0 aliphatic rings. The van der Waals surface area contributed by atoms with Crippen molar-refractivity contribution < 1.29 is 0 Å². The number of hydrogen-bond donors (Lipinski definition) is 2. The first kappa shape index (κ1) is 9.74. The van der Waals surface area contributed by atoms with Gasteiger partial charge in [0.1, 0.15) is 5.84 Å². The second-order valence-electron chi connectivity index (χ2n) is 2.55. The quantitative estimate of drug-likeness (QED) is 0.560. The summed E-state index contributed by atoms with van der Waals surface area (Å²) in [6.45, 7) is 0.239. The van der Waals surface area contributed by atoms with Crippen LogP contribution >= 0.6 is 11.6 Å². The van der Waals surface area contributed by atoms with Crippen LogP contribution in [0.25, 0.3) is 0 Å². The van der Waals surface area contributed by atoms with Crippen LogP contribution in [-0.2, 0) is 0 Å². The third-order valence-corrected chi connectivity index (χ3v) is 1.62. The predicted octanol–water partition coefficient (Wildman–Crippen LogP) is 1.69. The number of benzene rings is 1. The van der Waals surface area contributed by atoms with Crippen molar-refractivity contribution in [2.45, 2.75) is 0 Å². The summed E-state index contributed by atoms with van der Waals surface area (Å²) in [7, 11) is 0. The molecule has 0 aliphatic heterocycles. The van der Waals surface area contributed by atoms with E-state index in [4.69, 9.17) is 22.7 Å².